The minimum Gasteiger partial charge on any atom is -0.488 e. The maximum absolute atomic E-state index is 11.4. The molecule has 0 saturated heterocycles. The lowest BCUT2D eigenvalue weighted by Crippen LogP contribution is -2.10. The molecule has 2 aromatic rings. The van der Waals surface area contributed by atoms with Gasteiger partial charge in [0.2, 0.25) is 0 Å². The first kappa shape index (κ1) is 17.9. The van der Waals surface area contributed by atoms with Crippen molar-refractivity contribution in [2.75, 3.05) is 7.11 Å². The molecule has 1 aliphatic carbocycles. The van der Waals surface area contributed by atoms with Crippen LogP contribution in [0.15, 0.2) is 30.3 Å². The van der Waals surface area contributed by atoms with E-state index in [1.165, 1.54) is 7.11 Å². The molecule has 0 aliphatic heterocycles. The smallest absolute Gasteiger partial charge is 0.488 e. The summed E-state index contributed by atoms with van der Waals surface area (Å²) in [7, 11) is 1.25. The molecule has 0 heterocycles. The number of rotatable bonds is 5. The van der Waals surface area contributed by atoms with Crippen LogP contribution in [0.25, 0.3) is 0 Å². The second kappa shape index (κ2) is 7.54. The van der Waals surface area contributed by atoms with E-state index < -0.39 is 6.16 Å². The fourth-order valence-corrected chi connectivity index (χ4v) is 2.95. The summed E-state index contributed by atoms with van der Waals surface area (Å²) in [6.45, 7) is 2.14. The largest absolute Gasteiger partial charge is 0.513 e. The SMILES string of the molecule is COC(=O)Oc1cccc(Cl)c1COc1cc(Cl)c(C)cc1C1CC1. The number of halogens is 2. The molecule has 0 atom stereocenters. The van der Waals surface area contributed by atoms with E-state index in [0.29, 0.717) is 27.3 Å². The third-order valence-corrected chi connectivity index (χ3v) is 4.88. The average Bonchev–Trinajstić information content (AvgIpc) is 3.42. The molecule has 3 rings (SSSR count). The van der Waals surface area contributed by atoms with Crippen molar-refractivity contribution in [2.45, 2.75) is 32.3 Å². The molecule has 4 nitrogen and oxygen atoms in total. The topological polar surface area (TPSA) is 44.8 Å². The van der Waals surface area contributed by atoms with Crippen LogP contribution in [-0.2, 0) is 11.3 Å². The number of carbonyl (C=O) groups excluding carboxylic acids is 1. The van der Waals surface area contributed by atoms with Gasteiger partial charge in [0.25, 0.3) is 0 Å². The van der Waals surface area contributed by atoms with Gasteiger partial charge in [-0.2, -0.15) is 0 Å². The first-order valence-corrected chi connectivity index (χ1v) is 8.71. The summed E-state index contributed by atoms with van der Waals surface area (Å²) in [5.41, 5.74) is 2.76. The Labute approximate surface area is 156 Å². The summed E-state index contributed by atoms with van der Waals surface area (Å²) in [6, 6.07) is 8.97. The quantitative estimate of drug-likeness (QED) is 0.478. The highest BCUT2D eigenvalue weighted by Crippen LogP contribution is 2.46. The zero-order valence-corrected chi connectivity index (χ0v) is 15.5. The van der Waals surface area contributed by atoms with Crippen molar-refractivity contribution in [1.29, 1.82) is 0 Å². The van der Waals surface area contributed by atoms with Crippen LogP contribution < -0.4 is 9.47 Å². The predicted molar refractivity (Wildman–Crippen MR) is 97.0 cm³/mol. The van der Waals surface area contributed by atoms with Crippen LogP contribution >= 0.6 is 23.2 Å². The van der Waals surface area contributed by atoms with Crippen molar-refractivity contribution >= 4 is 29.4 Å². The normalized spacial score (nSPS) is 13.4. The monoisotopic (exact) mass is 380 g/mol. The molecule has 6 heteroatoms. The first-order chi connectivity index (χ1) is 12.0. The molecule has 25 heavy (non-hydrogen) atoms. The van der Waals surface area contributed by atoms with E-state index in [0.717, 1.165) is 29.7 Å². The first-order valence-electron chi connectivity index (χ1n) is 7.95. The minimum absolute atomic E-state index is 0.158. The van der Waals surface area contributed by atoms with Gasteiger partial charge in [0.15, 0.2) is 0 Å². The van der Waals surface area contributed by atoms with E-state index in [-0.39, 0.29) is 6.61 Å². The number of benzene rings is 2. The van der Waals surface area contributed by atoms with Crippen LogP contribution in [0.1, 0.15) is 35.4 Å². The van der Waals surface area contributed by atoms with Crippen molar-refractivity contribution in [3.8, 4) is 11.5 Å². The zero-order valence-electron chi connectivity index (χ0n) is 14.0. The molecule has 1 fully saturated rings. The zero-order chi connectivity index (χ0) is 18.0. The molecule has 2 aromatic carbocycles. The number of methoxy groups -OCH3 is 1. The Bertz CT molecular complexity index is 800. The summed E-state index contributed by atoms with van der Waals surface area (Å²) in [5.74, 6) is 1.57. The van der Waals surface area contributed by atoms with Crippen molar-refractivity contribution < 1.29 is 19.0 Å². The number of carbonyl (C=O) groups is 1. The number of hydrogen-bond donors (Lipinski definition) is 0. The van der Waals surface area contributed by atoms with E-state index in [4.69, 9.17) is 32.7 Å². The highest BCUT2D eigenvalue weighted by atomic mass is 35.5. The lowest BCUT2D eigenvalue weighted by Gasteiger charge is -2.15. The molecule has 1 saturated carbocycles. The second-order valence-electron chi connectivity index (χ2n) is 5.97. The molecule has 0 bridgehead atoms. The number of aryl methyl sites for hydroxylation is 1. The van der Waals surface area contributed by atoms with Crippen LogP contribution in [0.4, 0.5) is 4.79 Å². The van der Waals surface area contributed by atoms with Crippen molar-refractivity contribution in [2.24, 2.45) is 0 Å². The Morgan fingerprint density at radius 3 is 2.60 bits per heavy atom. The van der Waals surface area contributed by atoms with Crippen LogP contribution in [0.3, 0.4) is 0 Å². The molecule has 0 amide bonds. The fraction of sp³-hybridized carbons (Fsp3) is 0.316. The number of hydrogen-bond acceptors (Lipinski definition) is 4. The minimum atomic E-state index is -0.805. The van der Waals surface area contributed by atoms with Crippen LogP contribution in [0.5, 0.6) is 11.5 Å². The molecule has 0 N–H and O–H groups in total. The van der Waals surface area contributed by atoms with E-state index in [1.54, 1.807) is 18.2 Å². The van der Waals surface area contributed by atoms with Gasteiger partial charge >= 0.3 is 6.16 Å². The van der Waals surface area contributed by atoms with Crippen molar-refractivity contribution in [3.05, 3.63) is 57.1 Å². The van der Waals surface area contributed by atoms with Gasteiger partial charge in [0, 0.05) is 5.02 Å². The highest BCUT2D eigenvalue weighted by Gasteiger charge is 2.28. The molecule has 0 spiro atoms. The van der Waals surface area contributed by atoms with Gasteiger partial charge < -0.3 is 14.2 Å². The lowest BCUT2D eigenvalue weighted by atomic mass is 10.1. The Balaban J connectivity index is 1.85. The Hall–Kier alpha value is -1.91. The Morgan fingerprint density at radius 2 is 1.92 bits per heavy atom. The van der Waals surface area contributed by atoms with Gasteiger partial charge in [-0.05, 0) is 55.0 Å². The molecular formula is C19H18Cl2O4. The van der Waals surface area contributed by atoms with Gasteiger partial charge in [0.1, 0.15) is 18.1 Å². The van der Waals surface area contributed by atoms with E-state index in [2.05, 4.69) is 10.8 Å². The Kier molecular flexibility index (Phi) is 5.40. The van der Waals surface area contributed by atoms with Gasteiger partial charge in [-0.3, -0.25) is 0 Å². The van der Waals surface area contributed by atoms with Crippen molar-refractivity contribution in [1.82, 2.24) is 0 Å². The van der Waals surface area contributed by atoms with Gasteiger partial charge in [0.05, 0.1) is 17.7 Å². The summed E-state index contributed by atoms with van der Waals surface area (Å²) in [6.07, 6.45) is 1.50. The predicted octanol–water partition coefficient (Wildman–Crippen LogP) is 5.90. The molecule has 1 aliphatic rings. The average molecular weight is 381 g/mol. The van der Waals surface area contributed by atoms with Gasteiger partial charge in [-0.15, -0.1) is 0 Å². The standard InChI is InChI=1S/C19H18Cl2O4/c1-11-8-13(12-6-7-12)18(9-16(11)21)24-10-14-15(20)4-3-5-17(14)25-19(22)23-2/h3-5,8-9,12H,6-7,10H2,1-2H3. The summed E-state index contributed by atoms with van der Waals surface area (Å²) < 4.78 is 15.7. The molecule has 0 unspecified atom stereocenters. The maximum atomic E-state index is 11.4. The molecular weight excluding hydrogens is 363 g/mol. The van der Waals surface area contributed by atoms with E-state index in [1.807, 2.05) is 13.0 Å². The molecule has 132 valence electrons. The summed E-state index contributed by atoms with van der Waals surface area (Å²) in [4.78, 5) is 11.4. The van der Waals surface area contributed by atoms with Crippen LogP contribution in [0.2, 0.25) is 10.0 Å². The van der Waals surface area contributed by atoms with E-state index >= 15 is 0 Å². The van der Waals surface area contributed by atoms with Crippen LogP contribution in [0, 0.1) is 6.92 Å². The van der Waals surface area contributed by atoms with Crippen LogP contribution in [-0.4, -0.2) is 13.3 Å². The highest BCUT2D eigenvalue weighted by molar-refractivity contribution is 6.31. The molecule has 0 aromatic heterocycles. The third kappa shape index (κ3) is 4.20. The second-order valence-corrected chi connectivity index (χ2v) is 6.79. The number of ether oxygens (including phenoxy) is 3. The third-order valence-electron chi connectivity index (χ3n) is 4.12. The fourth-order valence-electron chi connectivity index (χ4n) is 2.58. The summed E-state index contributed by atoms with van der Waals surface area (Å²) in [5, 5.41) is 1.11. The molecule has 0 radical (unpaired) electrons. The van der Waals surface area contributed by atoms with Crippen molar-refractivity contribution in [3.63, 3.8) is 0 Å². The Morgan fingerprint density at radius 1 is 1.16 bits per heavy atom. The van der Waals surface area contributed by atoms with E-state index in [9.17, 15) is 4.79 Å². The van der Waals surface area contributed by atoms with Gasteiger partial charge in [-0.25, -0.2) is 4.79 Å². The van der Waals surface area contributed by atoms with Gasteiger partial charge in [-0.1, -0.05) is 35.3 Å². The lowest BCUT2D eigenvalue weighted by molar-refractivity contribution is 0.120. The summed E-state index contributed by atoms with van der Waals surface area (Å²) >= 11 is 12.5. The maximum Gasteiger partial charge on any atom is 0.513 e.